The summed E-state index contributed by atoms with van der Waals surface area (Å²) in [5, 5.41) is 9.73. The predicted octanol–water partition coefficient (Wildman–Crippen LogP) is 0.316. The van der Waals surface area contributed by atoms with Crippen molar-refractivity contribution < 1.29 is 4.79 Å². The fourth-order valence-electron chi connectivity index (χ4n) is 1.88. The average Bonchev–Trinajstić information content (AvgIpc) is 3.13. The molecule has 1 amide bonds. The quantitative estimate of drug-likeness (QED) is 0.716. The molecule has 20 heavy (non-hydrogen) atoms. The van der Waals surface area contributed by atoms with Gasteiger partial charge in [-0.3, -0.25) is 4.79 Å². The molecule has 0 bridgehead atoms. The third-order valence-corrected chi connectivity index (χ3v) is 2.88. The van der Waals surface area contributed by atoms with Crippen molar-refractivity contribution >= 4 is 17.4 Å². The van der Waals surface area contributed by atoms with Crippen LogP contribution in [0.15, 0.2) is 30.9 Å². The molecule has 0 radical (unpaired) electrons. The van der Waals surface area contributed by atoms with Crippen molar-refractivity contribution in [1.82, 2.24) is 29.5 Å². The number of aromatic nitrogens is 5. The lowest BCUT2D eigenvalue weighted by atomic mass is 10.4. The molecule has 0 saturated carbocycles. The molecule has 0 aromatic carbocycles. The number of nitrogens with one attached hydrogen (secondary N) is 2. The Morgan fingerprint density at radius 3 is 2.90 bits per heavy atom. The largest absolute Gasteiger partial charge is 0.372 e. The molecule has 3 rings (SSSR count). The van der Waals surface area contributed by atoms with E-state index in [0.29, 0.717) is 23.0 Å². The van der Waals surface area contributed by atoms with Gasteiger partial charge in [0.25, 0.3) is 5.91 Å². The molecule has 0 aliphatic heterocycles. The van der Waals surface area contributed by atoms with Gasteiger partial charge in [0.1, 0.15) is 5.82 Å². The lowest BCUT2D eigenvalue weighted by Crippen LogP contribution is -2.18. The van der Waals surface area contributed by atoms with Crippen molar-refractivity contribution in [2.24, 2.45) is 0 Å². The smallest absolute Gasteiger partial charge is 0.271 e. The van der Waals surface area contributed by atoms with E-state index in [4.69, 9.17) is 0 Å². The van der Waals surface area contributed by atoms with Gasteiger partial charge in [0.15, 0.2) is 17.2 Å². The minimum absolute atomic E-state index is 0.243. The molecule has 0 atom stereocenters. The highest BCUT2D eigenvalue weighted by atomic mass is 16.1. The van der Waals surface area contributed by atoms with E-state index >= 15 is 0 Å². The van der Waals surface area contributed by atoms with Crippen LogP contribution in [-0.4, -0.2) is 44.2 Å². The van der Waals surface area contributed by atoms with Crippen LogP contribution in [0.5, 0.6) is 0 Å². The number of rotatable bonds is 3. The summed E-state index contributed by atoms with van der Waals surface area (Å²) in [6.07, 6.45) is 7.02. The van der Waals surface area contributed by atoms with E-state index in [1.54, 1.807) is 32.6 Å². The Morgan fingerprint density at radius 1 is 1.30 bits per heavy atom. The maximum Gasteiger partial charge on any atom is 0.271 e. The van der Waals surface area contributed by atoms with Gasteiger partial charge in [0, 0.05) is 32.7 Å². The van der Waals surface area contributed by atoms with Crippen LogP contribution in [0, 0.1) is 0 Å². The van der Waals surface area contributed by atoms with Gasteiger partial charge < -0.3 is 15.0 Å². The van der Waals surface area contributed by atoms with Crippen LogP contribution in [0.3, 0.4) is 0 Å². The zero-order chi connectivity index (χ0) is 14.1. The highest BCUT2D eigenvalue weighted by Crippen LogP contribution is 2.15. The van der Waals surface area contributed by atoms with E-state index in [1.165, 1.54) is 4.68 Å². The second-order valence-electron chi connectivity index (χ2n) is 4.08. The van der Waals surface area contributed by atoms with E-state index < -0.39 is 0 Å². The van der Waals surface area contributed by atoms with Gasteiger partial charge in [-0.05, 0) is 6.07 Å². The van der Waals surface area contributed by atoms with E-state index in [0.717, 1.165) is 0 Å². The number of fused-ring (bicyclic) bond motifs is 1. The first-order valence-electron chi connectivity index (χ1n) is 6.02. The van der Waals surface area contributed by atoms with Gasteiger partial charge in [0.2, 0.25) is 0 Å². The summed E-state index contributed by atoms with van der Waals surface area (Å²) in [5.41, 5.74) is 0.990. The van der Waals surface area contributed by atoms with Gasteiger partial charge in [0.05, 0.1) is 6.20 Å². The normalized spacial score (nSPS) is 10.7. The Balaban J connectivity index is 2.15. The summed E-state index contributed by atoms with van der Waals surface area (Å²) in [7, 11) is 3.35. The van der Waals surface area contributed by atoms with E-state index in [9.17, 15) is 4.79 Å². The summed E-state index contributed by atoms with van der Waals surface area (Å²) in [6, 6.07) is 1.63. The third kappa shape index (κ3) is 1.87. The van der Waals surface area contributed by atoms with Crippen molar-refractivity contribution in [2.75, 3.05) is 19.4 Å². The van der Waals surface area contributed by atoms with Crippen molar-refractivity contribution in [3.8, 4) is 5.82 Å². The van der Waals surface area contributed by atoms with E-state index in [2.05, 4.69) is 25.7 Å². The second-order valence-corrected chi connectivity index (χ2v) is 4.08. The van der Waals surface area contributed by atoms with Crippen molar-refractivity contribution in [1.29, 1.82) is 0 Å². The zero-order valence-electron chi connectivity index (χ0n) is 11.0. The number of amides is 1. The molecule has 0 saturated heterocycles. The number of carbonyl (C=O) groups is 1. The highest BCUT2D eigenvalue weighted by molar-refractivity contribution is 5.91. The molecule has 3 aromatic rings. The maximum atomic E-state index is 11.6. The van der Waals surface area contributed by atoms with Gasteiger partial charge in [-0.2, -0.15) is 5.10 Å². The molecule has 8 nitrogen and oxygen atoms in total. The predicted molar refractivity (Wildman–Crippen MR) is 73.0 cm³/mol. The highest BCUT2D eigenvalue weighted by Gasteiger charge is 2.13. The molecule has 0 unspecified atom stereocenters. The first kappa shape index (κ1) is 12.2. The monoisotopic (exact) mass is 271 g/mol. The number of imidazole rings is 1. The molecule has 2 N–H and O–H groups in total. The van der Waals surface area contributed by atoms with Crippen molar-refractivity contribution in [2.45, 2.75) is 0 Å². The molecule has 0 aliphatic rings. The topological polar surface area (TPSA) is 89.1 Å². The SMILES string of the molecule is CNC(=O)c1ccn(-c2nc(NC)cn3ccnc23)n1. The number of hydrogen-bond acceptors (Lipinski definition) is 5. The molecular formula is C12H13N7O. The Labute approximate surface area is 114 Å². The molecule has 3 aromatic heterocycles. The van der Waals surface area contributed by atoms with E-state index in [1.807, 2.05) is 16.8 Å². The molecule has 102 valence electrons. The lowest BCUT2D eigenvalue weighted by Gasteiger charge is -2.06. The lowest BCUT2D eigenvalue weighted by molar-refractivity contribution is 0.0957. The van der Waals surface area contributed by atoms with Gasteiger partial charge in [-0.25, -0.2) is 14.6 Å². The number of hydrogen-bond donors (Lipinski definition) is 2. The molecule has 3 heterocycles. The molecular weight excluding hydrogens is 258 g/mol. The van der Waals surface area contributed by atoms with Crippen LogP contribution >= 0.6 is 0 Å². The van der Waals surface area contributed by atoms with Gasteiger partial charge in [-0.1, -0.05) is 0 Å². The average molecular weight is 271 g/mol. The van der Waals surface area contributed by atoms with Gasteiger partial charge >= 0.3 is 0 Å². The van der Waals surface area contributed by atoms with Crippen LogP contribution < -0.4 is 10.6 Å². The minimum Gasteiger partial charge on any atom is -0.372 e. The summed E-state index contributed by atoms with van der Waals surface area (Å²) in [4.78, 5) is 20.2. The standard InChI is InChI=1S/C12H13N7O/c1-13-9-7-18-6-4-15-10(18)11(16-9)19-5-3-8(17-19)12(20)14-2/h3-7,13H,1-2H3,(H,14,20). The van der Waals surface area contributed by atoms with E-state index in [-0.39, 0.29) is 5.91 Å². The molecule has 0 aliphatic carbocycles. The Kier molecular flexibility index (Phi) is 2.82. The summed E-state index contributed by atoms with van der Waals surface area (Å²) in [6.45, 7) is 0. The third-order valence-electron chi connectivity index (χ3n) is 2.88. The Hall–Kier alpha value is -2.90. The summed E-state index contributed by atoms with van der Waals surface area (Å²) >= 11 is 0. The molecule has 0 fully saturated rings. The first-order valence-corrected chi connectivity index (χ1v) is 6.02. The molecule has 8 heteroatoms. The van der Waals surface area contributed by atoms with Crippen LogP contribution in [0.2, 0.25) is 0 Å². The number of anilines is 1. The van der Waals surface area contributed by atoms with Crippen molar-refractivity contribution in [3.05, 3.63) is 36.5 Å². The Bertz CT molecular complexity index is 773. The summed E-state index contributed by atoms with van der Waals surface area (Å²) < 4.78 is 3.38. The Morgan fingerprint density at radius 2 is 2.15 bits per heavy atom. The van der Waals surface area contributed by atoms with Gasteiger partial charge in [-0.15, -0.1) is 0 Å². The molecule has 0 spiro atoms. The van der Waals surface area contributed by atoms with Crippen LogP contribution in [-0.2, 0) is 0 Å². The number of carbonyl (C=O) groups excluding carboxylic acids is 1. The van der Waals surface area contributed by atoms with Crippen LogP contribution in [0.4, 0.5) is 5.82 Å². The fourth-order valence-corrected chi connectivity index (χ4v) is 1.88. The first-order chi connectivity index (χ1) is 9.72. The maximum absolute atomic E-state index is 11.6. The fraction of sp³-hybridized carbons (Fsp3) is 0.167. The minimum atomic E-state index is -0.243. The van der Waals surface area contributed by atoms with Crippen LogP contribution in [0.25, 0.3) is 11.5 Å². The zero-order valence-corrected chi connectivity index (χ0v) is 11.0. The summed E-state index contributed by atoms with van der Waals surface area (Å²) in [5.74, 6) is 0.993. The number of nitrogens with zero attached hydrogens (tertiary/aromatic N) is 5. The second kappa shape index (κ2) is 4.65. The van der Waals surface area contributed by atoms with Crippen LogP contribution in [0.1, 0.15) is 10.5 Å². The van der Waals surface area contributed by atoms with Crippen molar-refractivity contribution in [3.63, 3.8) is 0 Å².